The van der Waals surface area contributed by atoms with Gasteiger partial charge in [-0.05, 0) is 12.8 Å². The molecule has 0 saturated carbocycles. The fourth-order valence-corrected chi connectivity index (χ4v) is 5.08. The average Bonchev–Trinajstić information content (AvgIpc) is 2.78. The monoisotopic (exact) mass is 545 g/mol. The van der Waals surface area contributed by atoms with Crippen LogP contribution in [0.2, 0.25) is 0 Å². The normalized spacial score (nSPS) is 11.6. The highest BCUT2D eigenvalue weighted by Crippen LogP contribution is 2.16. The Morgan fingerprint density at radius 1 is 0.294 bits per heavy atom. The van der Waals surface area contributed by atoms with Crippen LogP contribution in [-0.4, -0.2) is 32.2 Å². The van der Waals surface area contributed by atoms with Crippen molar-refractivity contribution in [3.8, 4) is 0 Å². The fourth-order valence-electron chi connectivity index (χ4n) is 5.08. The molecule has 1 nitrogen and oxygen atoms in total. The van der Waals surface area contributed by atoms with Gasteiger partial charge in [0, 0.05) is 0 Å². The standard InChI is InChI=1S/C32H68N.BrH/c1-5-6-7-8-9-10-11-12-13-14-15-16-17-18-19-20-21-22-23-24-25-26-27-28-29-30-31-32-33(2,3)4;/h5-32H2,1-4H3;1H/q+1;/p-1. The summed E-state index contributed by atoms with van der Waals surface area (Å²) in [7, 11) is 6.92. The van der Waals surface area contributed by atoms with E-state index in [2.05, 4.69) is 28.1 Å². The molecular weight excluding hydrogens is 478 g/mol. The Kier molecular flexibility index (Phi) is 31.9. The lowest BCUT2D eigenvalue weighted by Crippen LogP contribution is -3.00. The van der Waals surface area contributed by atoms with Crippen LogP contribution in [0.1, 0.15) is 180 Å². The summed E-state index contributed by atoms with van der Waals surface area (Å²) < 4.78 is 1.12. The highest BCUT2D eigenvalue weighted by atomic mass is 79.9. The molecule has 0 bridgehead atoms. The number of hydrogen-bond donors (Lipinski definition) is 0. The summed E-state index contributed by atoms with van der Waals surface area (Å²) in [6, 6.07) is 0. The molecule has 0 rings (SSSR count). The van der Waals surface area contributed by atoms with Gasteiger partial charge in [-0.3, -0.25) is 0 Å². The minimum atomic E-state index is 0. The molecule has 2 heteroatoms. The van der Waals surface area contributed by atoms with Crippen LogP contribution in [0.25, 0.3) is 0 Å². The first kappa shape index (κ1) is 36.6. The number of halogens is 1. The van der Waals surface area contributed by atoms with Crippen molar-refractivity contribution in [3.05, 3.63) is 0 Å². The summed E-state index contributed by atoms with van der Waals surface area (Å²) in [6.45, 7) is 3.64. The molecule has 0 atom stereocenters. The predicted molar refractivity (Wildman–Crippen MR) is 153 cm³/mol. The average molecular weight is 547 g/mol. The maximum Gasteiger partial charge on any atom is 0.0780 e. The van der Waals surface area contributed by atoms with Crippen molar-refractivity contribution in [2.24, 2.45) is 0 Å². The van der Waals surface area contributed by atoms with Crippen LogP contribution >= 0.6 is 0 Å². The number of nitrogens with zero attached hydrogens (tertiary/aromatic N) is 1. The molecule has 0 aliphatic heterocycles. The molecule has 0 spiro atoms. The largest absolute Gasteiger partial charge is 1.00 e. The zero-order valence-corrected chi connectivity index (χ0v) is 26.2. The van der Waals surface area contributed by atoms with Crippen LogP contribution in [0, 0.1) is 0 Å². The minimum Gasteiger partial charge on any atom is -1.00 e. The third-order valence-electron chi connectivity index (χ3n) is 7.43. The van der Waals surface area contributed by atoms with Crippen LogP contribution in [0.5, 0.6) is 0 Å². The molecule has 0 aromatic rings. The number of rotatable bonds is 28. The van der Waals surface area contributed by atoms with Crippen LogP contribution < -0.4 is 17.0 Å². The van der Waals surface area contributed by atoms with Gasteiger partial charge in [0.1, 0.15) is 0 Å². The third-order valence-corrected chi connectivity index (χ3v) is 7.43. The molecule has 0 aromatic carbocycles. The molecule has 34 heavy (non-hydrogen) atoms. The topological polar surface area (TPSA) is 0 Å². The van der Waals surface area contributed by atoms with Crippen molar-refractivity contribution < 1.29 is 21.5 Å². The summed E-state index contributed by atoms with van der Waals surface area (Å²) in [5.41, 5.74) is 0. The Bertz CT molecular complexity index is 349. The Balaban J connectivity index is 0. The van der Waals surface area contributed by atoms with Gasteiger partial charge in [-0.2, -0.15) is 0 Å². The van der Waals surface area contributed by atoms with E-state index < -0.39 is 0 Å². The van der Waals surface area contributed by atoms with Gasteiger partial charge >= 0.3 is 0 Å². The summed E-state index contributed by atoms with van der Waals surface area (Å²) in [4.78, 5) is 0. The molecule has 0 aromatic heterocycles. The highest BCUT2D eigenvalue weighted by molar-refractivity contribution is 4.52. The van der Waals surface area contributed by atoms with Crippen LogP contribution in [0.3, 0.4) is 0 Å². The van der Waals surface area contributed by atoms with Crippen LogP contribution in [0.15, 0.2) is 0 Å². The van der Waals surface area contributed by atoms with E-state index >= 15 is 0 Å². The third kappa shape index (κ3) is 34.6. The molecule has 0 heterocycles. The molecule has 0 saturated heterocycles. The van der Waals surface area contributed by atoms with E-state index in [1.165, 1.54) is 180 Å². The summed E-state index contributed by atoms with van der Waals surface area (Å²) in [5, 5.41) is 0. The Labute approximate surface area is 229 Å². The van der Waals surface area contributed by atoms with Crippen molar-refractivity contribution in [2.45, 2.75) is 180 Å². The first-order valence-electron chi connectivity index (χ1n) is 15.9. The second-order valence-electron chi connectivity index (χ2n) is 12.2. The SMILES string of the molecule is CCCCCCCCCCCCCCCCCCCCCCCCCCCCC[N+](C)(C)C.[Br-]. The summed E-state index contributed by atoms with van der Waals surface area (Å²) in [6.07, 6.45) is 39.8. The maximum absolute atomic E-state index is 2.31. The Morgan fingerprint density at radius 2 is 0.471 bits per heavy atom. The van der Waals surface area contributed by atoms with E-state index in [0.29, 0.717) is 0 Å². The van der Waals surface area contributed by atoms with Crippen LogP contribution in [0.4, 0.5) is 0 Å². The van der Waals surface area contributed by atoms with Gasteiger partial charge in [-0.25, -0.2) is 0 Å². The number of quaternary nitrogens is 1. The highest BCUT2D eigenvalue weighted by Gasteiger charge is 2.05. The molecule has 0 aliphatic rings. The molecule has 0 fully saturated rings. The second kappa shape index (κ2) is 29.7. The van der Waals surface area contributed by atoms with E-state index in [4.69, 9.17) is 0 Å². The van der Waals surface area contributed by atoms with Gasteiger partial charge in [0.2, 0.25) is 0 Å². The zero-order valence-electron chi connectivity index (χ0n) is 24.6. The summed E-state index contributed by atoms with van der Waals surface area (Å²) >= 11 is 0. The minimum absolute atomic E-state index is 0. The molecule has 0 N–H and O–H groups in total. The second-order valence-corrected chi connectivity index (χ2v) is 12.2. The van der Waals surface area contributed by atoms with E-state index in [-0.39, 0.29) is 17.0 Å². The van der Waals surface area contributed by atoms with E-state index in [1.54, 1.807) is 0 Å². The molecule has 0 radical (unpaired) electrons. The van der Waals surface area contributed by atoms with Crippen LogP contribution in [-0.2, 0) is 0 Å². The van der Waals surface area contributed by atoms with Crippen molar-refractivity contribution in [1.29, 1.82) is 0 Å². The van der Waals surface area contributed by atoms with Crippen molar-refractivity contribution >= 4 is 0 Å². The lowest BCUT2D eigenvalue weighted by atomic mass is 10.0. The van der Waals surface area contributed by atoms with Crippen molar-refractivity contribution in [2.75, 3.05) is 27.7 Å². The smallest absolute Gasteiger partial charge is 0.0780 e. The zero-order chi connectivity index (χ0) is 24.3. The number of hydrogen-bond acceptors (Lipinski definition) is 0. The van der Waals surface area contributed by atoms with Crippen molar-refractivity contribution in [1.82, 2.24) is 0 Å². The summed E-state index contributed by atoms with van der Waals surface area (Å²) in [5.74, 6) is 0. The molecule has 0 unspecified atom stereocenters. The maximum atomic E-state index is 2.31. The first-order chi connectivity index (χ1) is 16.1. The van der Waals surface area contributed by atoms with E-state index in [0.717, 1.165) is 4.48 Å². The quantitative estimate of drug-likeness (QED) is 0.0685. The Morgan fingerprint density at radius 3 is 0.647 bits per heavy atom. The van der Waals surface area contributed by atoms with Gasteiger partial charge < -0.3 is 21.5 Å². The van der Waals surface area contributed by atoms with Gasteiger partial charge in [0.15, 0.2) is 0 Å². The molecular formula is C32H68BrN. The van der Waals surface area contributed by atoms with E-state index in [9.17, 15) is 0 Å². The number of unbranched alkanes of at least 4 members (excludes halogenated alkanes) is 26. The Hall–Kier alpha value is 0.440. The first-order valence-corrected chi connectivity index (χ1v) is 15.9. The van der Waals surface area contributed by atoms with Crippen molar-refractivity contribution in [3.63, 3.8) is 0 Å². The molecule has 208 valence electrons. The predicted octanol–water partition coefficient (Wildman–Crippen LogP) is 8.25. The van der Waals surface area contributed by atoms with Gasteiger partial charge in [0.25, 0.3) is 0 Å². The molecule has 0 amide bonds. The van der Waals surface area contributed by atoms with Gasteiger partial charge in [0.05, 0.1) is 27.7 Å². The fraction of sp³-hybridized carbons (Fsp3) is 1.00. The van der Waals surface area contributed by atoms with Gasteiger partial charge in [-0.1, -0.05) is 167 Å². The lowest BCUT2D eigenvalue weighted by Gasteiger charge is -2.23. The lowest BCUT2D eigenvalue weighted by molar-refractivity contribution is -0.870. The van der Waals surface area contributed by atoms with Gasteiger partial charge in [-0.15, -0.1) is 0 Å². The van der Waals surface area contributed by atoms with E-state index in [1.807, 2.05) is 0 Å². The molecule has 0 aliphatic carbocycles.